The molecule has 0 bridgehead atoms. The van der Waals surface area contributed by atoms with Gasteiger partial charge in [0.15, 0.2) is 6.10 Å². The van der Waals surface area contributed by atoms with Crippen molar-refractivity contribution in [3.05, 3.63) is 24.3 Å². The normalized spacial score (nSPS) is 12.1. The second-order valence-electron chi connectivity index (χ2n) is 23.8. The number of hydrogen-bond donors (Lipinski definition) is 0. The van der Waals surface area contributed by atoms with Crippen LogP contribution in [0.5, 0.6) is 0 Å². The molecule has 1 atom stereocenters. The van der Waals surface area contributed by atoms with Crippen molar-refractivity contribution in [2.24, 2.45) is 0 Å². The molecule has 0 saturated carbocycles. The van der Waals surface area contributed by atoms with E-state index in [1.54, 1.807) is 0 Å². The first-order valence-electron chi connectivity index (χ1n) is 34.8. The third-order valence-electron chi connectivity index (χ3n) is 15.9. The van der Waals surface area contributed by atoms with Crippen LogP contribution in [0.25, 0.3) is 0 Å². The van der Waals surface area contributed by atoms with E-state index >= 15 is 0 Å². The fourth-order valence-corrected chi connectivity index (χ4v) is 10.7. The quantitative estimate of drug-likeness (QED) is 0.0261. The van der Waals surface area contributed by atoms with Crippen LogP contribution in [-0.4, -0.2) is 37.2 Å². The summed E-state index contributed by atoms with van der Waals surface area (Å²) < 4.78 is 16.9. The van der Waals surface area contributed by atoms with E-state index in [1.165, 1.54) is 289 Å². The Kier molecular flexibility index (Phi) is 64.6. The van der Waals surface area contributed by atoms with E-state index in [0.29, 0.717) is 19.3 Å². The smallest absolute Gasteiger partial charge is 0.306 e. The van der Waals surface area contributed by atoms with Crippen molar-refractivity contribution in [3.63, 3.8) is 0 Å². The first kappa shape index (κ1) is 74.9. The summed E-state index contributed by atoms with van der Waals surface area (Å²) in [7, 11) is 0. The number of allylic oxidation sites excluding steroid dienone is 4. The maximum atomic E-state index is 12.9. The minimum absolute atomic E-state index is 0.0685. The molecule has 6 nitrogen and oxygen atoms in total. The molecular formula is C71H134O6. The number of hydrogen-bond acceptors (Lipinski definition) is 6. The van der Waals surface area contributed by atoms with Gasteiger partial charge in [-0.2, -0.15) is 0 Å². The van der Waals surface area contributed by atoms with Crippen molar-refractivity contribution in [2.45, 2.75) is 399 Å². The Morgan fingerprint density at radius 1 is 0.247 bits per heavy atom. The van der Waals surface area contributed by atoms with Crippen LogP contribution in [0.15, 0.2) is 24.3 Å². The topological polar surface area (TPSA) is 78.9 Å². The van der Waals surface area contributed by atoms with Crippen LogP contribution in [0.4, 0.5) is 0 Å². The van der Waals surface area contributed by atoms with E-state index in [4.69, 9.17) is 14.2 Å². The second kappa shape index (κ2) is 66.4. The molecular weight excluding hydrogens is 949 g/mol. The Balaban J connectivity index is 4.10. The van der Waals surface area contributed by atoms with Crippen LogP contribution in [0.2, 0.25) is 0 Å². The summed E-state index contributed by atoms with van der Waals surface area (Å²) in [5, 5.41) is 0. The third-order valence-corrected chi connectivity index (χ3v) is 15.9. The molecule has 0 aliphatic rings. The number of esters is 3. The Morgan fingerprint density at radius 3 is 0.649 bits per heavy atom. The lowest BCUT2D eigenvalue weighted by Crippen LogP contribution is -2.30. The summed E-state index contributed by atoms with van der Waals surface area (Å²) >= 11 is 0. The van der Waals surface area contributed by atoms with Gasteiger partial charge in [0, 0.05) is 19.3 Å². The number of unbranched alkanes of at least 4 members (excludes halogenated alkanes) is 50. The molecule has 0 heterocycles. The molecule has 6 heteroatoms. The molecule has 0 aliphatic carbocycles. The predicted octanol–water partition coefficient (Wildman–Crippen LogP) is 23.8. The number of carbonyl (C=O) groups is 3. The van der Waals surface area contributed by atoms with Gasteiger partial charge < -0.3 is 14.2 Å². The highest BCUT2D eigenvalue weighted by Gasteiger charge is 2.19. The van der Waals surface area contributed by atoms with E-state index in [0.717, 1.165) is 64.2 Å². The monoisotopic (exact) mass is 1080 g/mol. The third kappa shape index (κ3) is 64.6. The maximum Gasteiger partial charge on any atom is 0.306 e. The van der Waals surface area contributed by atoms with E-state index in [2.05, 4.69) is 45.1 Å². The summed E-state index contributed by atoms with van der Waals surface area (Å²) in [6.45, 7) is 6.69. The Labute approximate surface area is 481 Å². The predicted molar refractivity (Wildman–Crippen MR) is 335 cm³/mol. The Bertz CT molecular complexity index is 1240. The molecule has 0 saturated heterocycles. The highest BCUT2D eigenvalue weighted by atomic mass is 16.6. The van der Waals surface area contributed by atoms with Gasteiger partial charge in [0.05, 0.1) is 0 Å². The lowest BCUT2D eigenvalue weighted by Gasteiger charge is -2.18. The standard InChI is InChI=1S/C71H134O6/c1-4-7-10-13-16-19-22-25-27-29-30-31-32-33-34-35-36-37-38-39-40-41-42-43-45-46-49-52-55-58-61-64-70(73)76-67-68(66-75-69(72)63-60-57-54-51-48-24-21-18-15-12-9-6-3)77-71(74)65-62-59-56-53-50-47-44-28-26-23-20-17-14-11-8-5-2/h28-30,44,68H,4-27,31-43,45-67H2,1-3H3/b30-29-,44-28-. The summed E-state index contributed by atoms with van der Waals surface area (Å²) in [4.78, 5) is 38.3. The van der Waals surface area contributed by atoms with Crippen LogP contribution in [0.3, 0.4) is 0 Å². The van der Waals surface area contributed by atoms with E-state index in [-0.39, 0.29) is 31.1 Å². The zero-order valence-electron chi connectivity index (χ0n) is 52.3. The molecule has 0 spiro atoms. The van der Waals surface area contributed by atoms with Gasteiger partial charge in [0.2, 0.25) is 0 Å². The fraction of sp³-hybridized carbons (Fsp3) is 0.901. The van der Waals surface area contributed by atoms with Crippen molar-refractivity contribution in [1.29, 1.82) is 0 Å². The molecule has 0 radical (unpaired) electrons. The van der Waals surface area contributed by atoms with Gasteiger partial charge in [-0.3, -0.25) is 14.4 Å². The van der Waals surface area contributed by atoms with Gasteiger partial charge in [-0.1, -0.05) is 328 Å². The SMILES string of the molecule is CCCCCCCCC/C=C\CCCCCCCC(=O)OC(COC(=O)CCCCCCCCCCCCCC)COC(=O)CCCCCCCCCCCCCCCCCCCCC/C=C\CCCCCCCCCC. The first-order chi connectivity index (χ1) is 38.0. The maximum absolute atomic E-state index is 12.9. The Morgan fingerprint density at radius 2 is 0.429 bits per heavy atom. The minimum Gasteiger partial charge on any atom is -0.462 e. The number of ether oxygens (including phenoxy) is 3. The Hall–Kier alpha value is -2.11. The lowest BCUT2D eigenvalue weighted by molar-refractivity contribution is -0.167. The number of carbonyl (C=O) groups excluding carboxylic acids is 3. The summed E-state index contributed by atoms with van der Waals surface area (Å²) in [6, 6.07) is 0. The van der Waals surface area contributed by atoms with Crippen molar-refractivity contribution in [2.75, 3.05) is 13.2 Å². The van der Waals surface area contributed by atoms with Crippen molar-refractivity contribution in [3.8, 4) is 0 Å². The van der Waals surface area contributed by atoms with E-state index in [1.807, 2.05) is 0 Å². The van der Waals surface area contributed by atoms with Gasteiger partial charge in [-0.15, -0.1) is 0 Å². The van der Waals surface area contributed by atoms with Crippen LogP contribution in [0.1, 0.15) is 393 Å². The molecule has 0 aliphatic heterocycles. The molecule has 0 N–H and O–H groups in total. The molecule has 0 aromatic carbocycles. The second-order valence-corrected chi connectivity index (χ2v) is 23.8. The van der Waals surface area contributed by atoms with E-state index in [9.17, 15) is 14.4 Å². The van der Waals surface area contributed by atoms with Crippen LogP contribution >= 0.6 is 0 Å². The average Bonchev–Trinajstić information content (AvgIpc) is 3.43. The molecule has 0 aromatic rings. The lowest BCUT2D eigenvalue weighted by atomic mass is 10.0. The first-order valence-corrected chi connectivity index (χ1v) is 34.8. The zero-order valence-corrected chi connectivity index (χ0v) is 52.3. The molecule has 454 valence electrons. The minimum atomic E-state index is -0.771. The molecule has 0 fully saturated rings. The number of rotatable bonds is 65. The van der Waals surface area contributed by atoms with Crippen molar-refractivity contribution >= 4 is 17.9 Å². The largest absolute Gasteiger partial charge is 0.462 e. The van der Waals surface area contributed by atoms with Gasteiger partial charge in [0.25, 0.3) is 0 Å². The summed E-state index contributed by atoms with van der Waals surface area (Å²) in [5.41, 5.74) is 0. The molecule has 0 amide bonds. The van der Waals surface area contributed by atoms with Gasteiger partial charge in [-0.05, 0) is 70.6 Å². The van der Waals surface area contributed by atoms with Crippen LogP contribution < -0.4 is 0 Å². The van der Waals surface area contributed by atoms with E-state index < -0.39 is 6.10 Å². The van der Waals surface area contributed by atoms with Gasteiger partial charge >= 0.3 is 17.9 Å². The molecule has 0 rings (SSSR count). The van der Waals surface area contributed by atoms with Gasteiger partial charge in [-0.25, -0.2) is 0 Å². The molecule has 1 unspecified atom stereocenters. The highest BCUT2D eigenvalue weighted by molar-refractivity contribution is 5.71. The average molecular weight is 1080 g/mol. The molecule has 77 heavy (non-hydrogen) atoms. The van der Waals surface area contributed by atoms with Crippen molar-refractivity contribution < 1.29 is 28.6 Å². The van der Waals surface area contributed by atoms with Crippen LogP contribution in [0, 0.1) is 0 Å². The fourth-order valence-electron chi connectivity index (χ4n) is 10.7. The van der Waals surface area contributed by atoms with Crippen molar-refractivity contribution in [1.82, 2.24) is 0 Å². The van der Waals surface area contributed by atoms with Gasteiger partial charge in [0.1, 0.15) is 13.2 Å². The van der Waals surface area contributed by atoms with Crippen LogP contribution in [-0.2, 0) is 28.6 Å². The zero-order chi connectivity index (χ0) is 55.7. The highest BCUT2D eigenvalue weighted by Crippen LogP contribution is 2.18. The molecule has 0 aromatic heterocycles. The summed E-state index contributed by atoms with van der Waals surface area (Å²) in [5.74, 6) is -0.849. The summed E-state index contributed by atoms with van der Waals surface area (Å²) in [6.07, 6.45) is 80.8.